The fourth-order valence-electron chi connectivity index (χ4n) is 3.76. The molecule has 5 rings (SSSR count). The van der Waals surface area contributed by atoms with Gasteiger partial charge in [0.15, 0.2) is 5.76 Å². The molecule has 0 saturated heterocycles. The van der Waals surface area contributed by atoms with Gasteiger partial charge < -0.3 is 14.2 Å². The summed E-state index contributed by atoms with van der Waals surface area (Å²) in [5.41, 5.74) is 4.73. The molecule has 0 bridgehead atoms. The van der Waals surface area contributed by atoms with Gasteiger partial charge in [0.1, 0.15) is 30.0 Å². The molecule has 2 aliphatic rings. The Morgan fingerprint density at radius 1 is 1.00 bits per heavy atom. The van der Waals surface area contributed by atoms with Gasteiger partial charge in [0.2, 0.25) is 5.78 Å². The normalized spacial score (nSPS) is 18.0. The van der Waals surface area contributed by atoms with E-state index in [4.69, 9.17) is 14.2 Å². The lowest BCUT2D eigenvalue weighted by molar-refractivity contribution is 0.101. The SMILES string of the molecule is Cc1ccccc1COc1ccc2c(c1)O/C(=C\C1=Cc3ccccc3O[C@H]1C)C2=O. The Morgan fingerprint density at radius 2 is 1.81 bits per heavy atom. The predicted molar refractivity (Wildman–Crippen MR) is 120 cm³/mol. The number of fused-ring (bicyclic) bond motifs is 2. The molecular weight excluding hydrogens is 388 g/mol. The number of rotatable bonds is 4. The van der Waals surface area contributed by atoms with E-state index in [1.165, 1.54) is 5.56 Å². The Hall–Kier alpha value is -3.79. The van der Waals surface area contributed by atoms with Crippen LogP contribution in [0.25, 0.3) is 6.08 Å². The number of carbonyl (C=O) groups is 1. The largest absolute Gasteiger partial charge is 0.489 e. The minimum Gasteiger partial charge on any atom is -0.489 e. The molecular formula is C27H22O4. The second-order valence-corrected chi connectivity index (χ2v) is 7.76. The van der Waals surface area contributed by atoms with E-state index < -0.39 is 0 Å². The molecule has 0 fully saturated rings. The number of benzene rings is 3. The minimum absolute atomic E-state index is 0.132. The lowest BCUT2D eigenvalue weighted by atomic mass is 10.0. The fourth-order valence-corrected chi connectivity index (χ4v) is 3.76. The molecule has 0 amide bonds. The van der Waals surface area contributed by atoms with Crippen molar-refractivity contribution in [2.24, 2.45) is 0 Å². The summed E-state index contributed by atoms with van der Waals surface area (Å²) in [4.78, 5) is 12.9. The molecule has 3 aromatic carbocycles. The maximum atomic E-state index is 12.9. The Morgan fingerprint density at radius 3 is 2.68 bits per heavy atom. The number of hydrogen-bond donors (Lipinski definition) is 0. The zero-order chi connectivity index (χ0) is 21.4. The molecule has 0 N–H and O–H groups in total. The van der Waals surface area contributed by atoms with Crippen molar-refractivity contribution in [2.45, 2.75) is 26.6 Å². The average molecular weight is 410 g/mol. The van der Waals surface area contributed by atoms with E-state index in [2.05, 4.69) is 13.0 Å². The van der Waals surface area contributed by atoms with Gasteiger partial charge in [-0.15, -0.1) is 0 Å². The quantitative estimate of drug-likeness (QED) is 0.503. The Balaban J connectivity index is 1.36. The number of carbonyl (C=O) groups excluding carboxylic acids is 1. The van der Waals surface area contributed by atoms with Crippen LogP contribution < -0.4 is 14.2 Å². The van der Waals surface area contributed by atoms with Crippen molar-refractivity contribution in [3.8, 4) is 17.2 Å². The maximum Gasteiger partial charge on any atom is 0.231 e. The predicted octanol–water partition coefficient (Wildman–Crippen LogP) is 5.90. The van der Waals surface area contributed by atoms with Crippen LogP contribution >= 0.6 is 0 Å². The molecule has 2 heterocycles. The highest BCUT2D eigenvalue weighted by molar-refractivity contribution is 6.12. The van der Waals surface area contributed by atoms with Crippen LogP contribution in [0, 0.1) is 6.92 Å². The molecule has 4 nitrogen and oxygen atoms in total. The van der Waals surface area contributed by atoms with Crippen molar-refractivity contribution in [3.05, 3.63) is 106 Å². The molecule has 0 aliphatic carbocycles. The first-order valence-electron chi connectivity index (χ1n) is 10.3. The summed E-state index contributed by atoms with van der Waals surface area (Å²) in [6.45, 7) is 4.48. The average Bonchev–Trinajstić information content (AvgIpc) is 3.08. The summed E-state index contributed by atoms with van der Waals surface area (Å²) >= 11 is 0. The summed E-state index contributed by atoms with van der Waals surface area (Å²) in [5.74, 6) is 2.19. The Bertz CT molecular complexity index is 1240. The summed E-state index contributed by atoms with van der Waals surface area (Å²) in [6.07, 6.45) is 3.64. The lowest BCUT2D eigenvalue weighted by Gasteiger charge is -2.22. The molecule has 0 radical (unpaired) electrons. The summed E-state index contributed by atoms with van der Waals surface area (Å²) in [7, 11) is 0. The number of aryl methyl sites for hydroxylation is 1. The third-order valence-corrected chi connectivity index (χ3v) is 5.61. The van der Waals surface area contributed by atoms with E-state index in [0.29, 0.717) is 29.4 Å². The molecule has 154 valence electrons. The number of hydrogen-bond acceptors (Lipinski definition) is 4. The van der Waals surface area contributed by atoms with Crippen molar-refractivity contribution in [1.29, 1.82) is 0 Å². The third-order valence-electron chi connectivity index (χ3n) is 5.61. The molecule has 0 spiro atoms. The molecule has 0 aromatic heterocycles. The zero-order valence-corrected chi connectivity index (χ0v) is 17.4. The lowest BCUT2D eigenvalue weighted by Crippen LogP contribution is -2.18. The van der Waals surface area contributed by atoms with Crippen molar-refractivity contribution in [2.75, 3.05) is 0 Å². The van der Waals surface area contributed by atoms with E-state index in [-0.39, 0.29) is 11.9 Å². The van der Waals surface area contributed by atoms with E-state index in [1.807, 2.05) is 61.5 Å². The van der Waals surface area contributed by atoms with E-state index >= 15 is 0 Å². The van der Waals surface area contributed by atoms with Gasteiger partial charge in [0.25, 0.3) is 0 Å². The van der Waals surface area contributed by atoms with E-state index in [0.717, 1.165) is 22.4 Å². The van der Waals surface area contributed by atoms with Crippen LogP contribution in [0.2, 0.25) is 0 Å². The first kappa shape index (κ1) is 19.2. The minimum atomic E-state index is -0.171. The van der Waals surface area contributed by atoms with Crippen LogP contribution in [-0.4, -0.2) is 11.9 Å². The van der Waals surface area contributed by atoms with E-state index in [1.54, 1.807) is 18.2 Å². The molecule has 0 saturated carbocycles. The fraction of sp³-hybridized carbons (Fsp3) is 0.148. The highest BCUT2D eigenvalue weighted by atomic mass is 16.5. The van der Waals surface area contributed by atoms with Gasteiger partial charge in [-0.3, -0.25) is 4.79 Å². The number of ether oxygens (including phenoxy) is 3. The van der Waals surface area contributed by atoms with Crippen LogP contribution in [0.5, 0.6) is 17.2 Å². The molecule has 2 aliphatic heterocycles. The summed E-state index contributed by atoms with van der Waals surface area (Å²) in [6, 6.07) is 21.3. The first-order chi connectivity index (χ1) is 15.1. The smallest absolute Gasteiger partial charge is 0.231 e. The Kier molecular flexibility index (Phi) is 4.83. The van der Waals surface area contributed by atoms with Crippen LogP contribution in [0.15, 0.2) is 84.1 Å². The molecule has 0 unspecified atom stereocenters. The number of para-hydroxylation sites is 1. The monoisotopic (exact) mass is 410 g/mol. The zero-order valence-electron chi connectivity index (χ0n) is 17.4. The van der Waals surface area contributed by atoms with Crippen LogP contribution in [0.1, 0.15) is 34.0 Å². The highest BCUT2D eigenvalue weighted by Gasteiger charge is 2.29. The van der Waals surface area contributed by atoms with Gasteiger partial charge in [-0.25, -0.2) is 0 Å². The van der Waals surface area contributed by atoms with Crippen molar-refractivity contribution >= 4 is 11.9 Å². The second-order valence-electron chi connectivity index (χ2n) is 7.76. The topological polar surface area (TPSA) is 44.8 Å². The van der Waals surface area contributed by atoms with Gasteiger partial charge >= 0.3 is 0 Å². The second kappa shape index (κ2) is 7.80. The van der Waals surface area contributed by atoms with Crippen LogP contribution in [0.4, 0.5) is 0 Å². The number of Topliss-reactive ketones (excluding diaryl/α,β-unsaturated/α-hetero) is 1. The number of ketones is 1. The van der Waals surface area contributed by atoms with Crippen LogP contribution in [-0.2, 0) is 6.61 Å². The summed E-state index contributed by atoms with van der Waals surface area (Å²) < 4.78 is 17.8. The van der Waals surface area contributed by atoms with Gasteiger partial charge in [-0.05, 0) is 60.9 Å². The highest BCUT2D eigenvalue weighted by Crippen LogP contribution is 2.36. The molecule has 3 aromatic rings. The van der Waals surface area contributed by atoms with Gasteiger partial charge in [0, 0.05) is 11.6 Å². The standard InChI is InChI=1S/C27H22O4/c1-17-7-3-4-9-20(17)16-29-22-11-12-23-25(15-22)31-26(27(23)28)14-21-13-19-8-5-6-10-24(19)30-18(21)2/h3-15,18H,16H2,1-2H3/b26-14-/t18-/m0/s1. The Labute approximate surface area is 181 Å². The molecule has 31 heavy (non-hydrogen) atoms. The van der Waals surface area contributed by atoms with E-state index in [9.17, 15) is 4.79 Å². The van der Waals surface area contributed by atoms with Crippen molar-refractivity contribution < 1.29 is 19.0 Å². The first-order valence-corrected chi connectivity index (χ1v) is 10.3. The van der Waals surface area contributed by atoms with Gasteiger partial charge in [0.05, 0.1) is 5.56 Å². The molecule has 1 atom stereocenters. The van der Waals surface area contributed by atoms with Crippen molar-refractivity contribution in [3.63, 3.8) is 0 Å². The van der Waals surface area contributed by atoms with Gasteiger partial charge in [-0.1, -0.05) is 42.5 Å². The number of allylic oxidation sites excluding steroid dienone is 1. The van der Waals surface area contributed by atoms with Crippen LogP contribution in [0.3, 0.4) is 0 Å². The third kappa shape index (κ3) is 3.73. The van der Waals surface area contributed by atoms with Crippen molar-refractivity contribution in [1.82, 2.24) is 0 Å². The van der Waals surface area contributed by atoms with Gasteiger partial charge in [-0.2, -0.15) is 0 Å². The summed E-state index contributed by atoms with van der Waals surface area (Å²) in [5, 5.41) is 0. The maximum absolute atomic E-state index is 12.9. The molecule has 4 heteroatoms.